The Morgan fingerprint density at radius 3 is 2.64 bits per heavy atom. The molecule has 0 unspecified atom stereocenters. The van der Waals surface area contributed by atoms with Gasteiger partial charge in [-0.1, -0.05) is 42.5 Å². The van der Waals surface area contributed by atoms with E-state index in [4.69, 9.17) is 10.1 Å². The number of aliphatic hydroxyl groups is 1. The van der Waals surface area contributed by atoms with Crippen molar-refractivity contribution in [2.75, 3.05) is 11.9 Å². The third kappa shape index (κ3) is 5.56. The van der Waals surface area contributed by atoms with Gasteiger partial charge in [0.05, 0.1) is 17.5 Å². The molecule has 0 aliphatic carbocycles. The Bertz CT molecular complexity index is 956. The van der Waals surface area contributed by atoms with Gasteiger partial charge in [-0.25, -0.2) is 4.79 Å². The van der Waals surface area contributed by atoms with Gasteiger partial charge in [-0.05, 0) is 36.3 Å². The number of anilines is 1. The molecule has 0 aromatic heterocycles. The van der Waals surface area contributed by atoms with Gasteiger partial charge in [-0.15, -0.1) is 0 Å². The van der Waals surface area contributed by atoms with Gasteiger partial charge in [-0.3, -0.25) is 4.79 Å². The van der Waals surface area contributed by atoms with E-state index in [0.717, 1.165) is 11.8 Å². The predicted molar refractivity (Wildman–Crippen MR) is 110 cm³/mol. The average Bonchev–Trinajstić information content (AvgIpc) is 2.72. The van der Waals surface area contributed by atoms with Crippen LogP contribution in [0.3, 0.4) is 0 Å². The van der Waals surface area contributed by atoms with Crippen molar-refractivity contribution in [2.24, 2.45) is 0 Å². The fourth-order valence-electron chi connectivity index (χ4n) is 2.45. The largest absolute Gasteiger partial charge is 0.498 e. The fraction of sp³-hybridized carbons (Fsp3) is 0.0909. The Kier molecular flexibility index (Phi) is 7.52. The number of aliphatic hydroxyl groups excluding tert-OH is 1. The van der Waals surface area contributed by atoms with Crippen molar-refractivity contribution in [2.45, 2.75) is 6.92 Å². The minimum atomic E-state index is -0.581. The van der Waals surface area contributed by atoms with Gasteiger partial charge in [0.15, 0.2) is 12.5 Å². The van der Waals surface area contributed by atoms with Crippen LogP contribution in [0.15, 0.2) is 66.9 Å². The summed E-state index contributed by atoms with van der Waals surface area (Å²) in [6.45, 7) is 1.47. The molecule has 6 nitrogen and oxygen atoms in total. The standard InChI is InChI=1S/C22H20N2O4/c1-16-7-5-11-19(20(26)13-25)22(16)24-21(27)15-28-14-18(10-6-12-23)17-8-3-2-4-9-17/h2-12,14,23,26H,15H2,1H3,(H,24,27)/b10-6-,18-14+,23-12?. The number of carbonyl (C=O) groups is 1. The first-order valence-electron chi connectivity index (χ1n) is 8.45. The van der Waals surface area contributed by atoms with Gasteiger partial charge in [0.1, 0.15) is 0 Å². The molecule has 0 aliphatic rings. The molecule has 6 heteroatoms. The highest BCUT2D eigenvalue weighted by molar-refractivity contribution is 5.98. The molecule has 0 heterocycles. The molecule has 28 heavy (non-hydrogen) atoms. The lowest BCUT2D eigenvalue weighted by atomic mass is 10.1. The van der Waals surface area contributed by atoms with Crippen molar-refractivity contribution in [3.05, 3.63) is 83.6 Å². The Balaban J connectivity index is 2.12. The molecule has 0 saturated heterocycles. The smallest absolute Gasteiger partial charge is 0.262 e. The summed E-state index contributed by atoms with van der Waals surface area (Å²) in [6.07, 6.45) is 5.84. The van der Waals surface area contributed by atoms with E-state index in [2.05, 4.69) is 5.32 Å². The molecule has 2 aromatic carbocycles. The normalized spacial score (nSPS) is 11.0. The lowest BCUT2D eigenvalue weighted by Crippen LogP contribution is -2.18. The summed E-state index contributed by atoms with van der Waals surface area (Å²) in [5, 5.41) is 19.4. The number of amides is 1. The SMILES string of the molecule is Cc1cccc(C(O)=C=O)c1NC(=O)CO/C=C(\C=C/C=N)c1ccccc1. The maximum absolute atomic E-state index is 12.3. The highest BCUT2D eigenvalue weighted by atomic mass is 16.5. The van der Waals surface area contributed by atoms with Crippen molar-refractivity contribution in [1.82, 2.24) is 0 Å². The van der Waals surface area contributed by atoms with Crippen molar-refractivity contribution >= 4 is 35.1 Å². The Morgan fingerprint density at radius 1 is 1.21 bits per heavy atom. The molecule has 1 amide bonds. The zero-order valence-electron chi connectivity index (χ0n) is 15.3. The van der Waals surface area contributed by atoms with Gasteiger partial charge in [-0.2, -0.15) is 0 Å². The molecule has 0 saturated carbocycles. The van der Waals surface area contributed by atoms with E-state index in [1.165, 1.54) is 18.3 Å². The summed E-state index contributed by atoms with van der Waals surface area (Å²) >= 11 is 0. The zero-order valence-corrected chi connectivity index (χ0v) is 15.3. The topological polar surface area (TPSA) is 99.5 Å². The predicted octanol–water partition coefficient (Wildman–Crippen LogP) is 3.93. The highest BCUT2D eigenvalue weighted by Gasteiger charge is 2.13. The van der Waals surface area contributed by atoms with Crippen LogP contribution in [0.4, 0.5) is 5.69 Å². The number of rotatable bonds is 8. The van der Waals surface area contributed by atoms with Gasteiger partial charge < -0.3 is 20.6 Å². The summed E-state index contributed by atoms with van der Waals surface area (Å²) in [5.41, 5.74) is 2.78. The van der Waals surface area contributed by atoms with E-state index >= 15 is 0 Å². The number of benzene rings is 2. The molecule has 142 valence electrons. The maximum Gasteiger partial charge on any atom is 0.262 e. The molecular weight excluding hydrogens is 356 g/mol. The Labute approximate surface area is 163 Å². The highest BCUT2D eigenvalue weighted by Crippen LogP contribution is 2.24. The Hall–Kier alpha value is -3.89. The van der Waals surface area contributed by atoms with Gasteiger partial charge in [0.2, 0.25) is 5.76 Å². The lowest BCUT2D eigenvalue weighted by Gasteiger charge is -2.12. The minimum Gasteiger partial charge on any atom is -0.498 e. The number of aryl methyl sites for hydroxylation is 1. The van der Waals surface area contributed by atoms with Gasteiger partial charge in [0, 0.05) is 11.8 Å². The number of carbonyl (C=O) groups excluding carboxylic acids is 2. The average molecular weight is 376 g/mol. The van der Waals surface area contributed by atoms with Crippen LogP contribution in [0.1, 0.15) is 16.7 Å². The molecule has 2 rings (SSSR count). The third-order valence-electron chi connectivity index (χ3n) is 3.79. The minimum absolute atomic E-state index is 0.192. The lowest BCUT2D eigenvalue weighted by molar-refractivity contribution is -0.118. The molecule has 0 atom stereocenters. The van der Waals surface area contributed by atoms with E-state index in [-0.39, 0.29) is 12.2 Å². The number of hydrogen-bond acceptors (Lipinski definition) is 5. The monoisotopic (exact) mass is 376 g/mol. The number of ether oxygens (including phenoxy) is 1. The zero-order chi connectivity index (χ0) is 20.4. The van der Waals surface area contributed by atoms with Crippen LogP contribution in [0, 0.1) is 12.3 Å². The second-order valence-corrected chi connectivity index (χ2v) is 5.77. The van der Waals surface area contributed by atoms with Crippen LogP contribution in [0.2, 0.25) is 0 Å². The molecule has 0 spiro atoms. The van der Waals surface area contributed by atoms with E-state index in [0.29, 0.717) is 16.8 Å². The van der Waals surface area contributed by atoms with Crippen LogP contribution >= 0.6 is 0 Å². The second-order valence-electron chi connectivity index (χ2n) is 5.77. The molecule has 0 aliphatic heterocycles. The summed E-state index contributed by atoms with van der Waals surface area (Å²) in [6, 6.07) is 14.3. The molecule has 2 aromatic rings. The first-order chi connectivity index (χ1) is 13.6. The van der Waals surface area contributed by atoms with Gasteiger partial charge in [0.25, 0.3) is 5.91 Å². The molecule has 0 fully saturated rings. The maximum atomic E-state index is 12.3. The first-order valence-corrected chi connectivity index (χ1v) is 8.45. The van der Waals surface area contributed by atoms with Crippen molar-refractivity contribution in [3.63, 3.8) is 0 Å². The van der Waals surface area contributed by atoms with Crippen LogP contribution in [0.25, 0.3) is 11.3 Å². The van der Waals surface area contributed by atoms with Crippen LogP contribution in [-0.4, -0.2) is 29.8 Å². The fourth-order valence-corrected chi connectivity index (χ4v) is 2.45. The van der Waals surface area contributed by atoms with E-state index in [9.17, 15) is 14.7 Å². The van der Waals surface area contributed by atoms with E-state index in [1.54, 1.807) is 31.2 Å². The second kappa shape index (κ2) is 10.3. The Morgan fingerprint density at radius 2 is 1.96 bits per heavy atom. The first kappa shape index (κ1) is 20.4. The molecular formula is C22H20N2O4. The van der Waals surface area contributed by atoms with Crippen molar-refractivity contribution < 1.29 is 19.4 Å². The summed E-state index contributed by atoms with van der Waals surface area (Å²) < 4.78 is 5.40. The number of hydrogen-bond donors (Lipinski definition) is 3. The van der Waals surface area contributed by atoms with Crippen LogP contribution in [-0.2, 0) is 14.3 Å². The van der Waals surface area contributed by atoms with Crippen molar-refractivity contribution in [3.8, 4) is 0 Å². The third-order valence-corrected chi connectivity index (χ3v) is 3.79. The number of allylic oxidation sites excluding steroid dienone is 3. The van der Waals surface area contributed by atoms with E-state index < -0.39 is 11.7 Å². The van der Waals surface area contributed by atoms with Crippen LogP contribution < -0.4 is 5.32 Å². The quantitative estimate of drug-likeness (QED) is 0.281. The summed E-state index contributed by atoms with van der Waals surface area (Å²) in [5.74, 6) is 0.392. The number of nitrogens with one attached hydrogen (secondary N) is 2. The van der Waals surface area contributed by atoms with E-state index in [1.807, 2.05) is 30.3 Å². The molecule has 3 N–H and O–H groups in total. The molecule has 0 bridgehead atoms. The van der Waals surface area contributed by atoms with Crippen LogP contribution in [0.5, 0.6) is 0 Å². The summed E-state index contributed by atoms with van der Waals surface area (Å²) in [7, 11) is 0. The molecule has 0 radical (unpaired) electrons. The number of para-hydroxylation sites is 1. The van der Waals surface area contributed by atoms with Crippen molar-refractivity contribution in [1.29, 1.82) is 5.41 Å². The summed E-state index contributed by atoms with van der Waals surface area (Å²) in [4.78, 5) is 23.0. The van der Waals surface area contributed by atoms with Gasteiger partial charge >= 0.3 is 0 Å².